The minimum atomic E-state index is -0.517. The lowest BCUT2D eigenvalue weighted by molar-refractivity contribution is -0.121. The molecule has 1 saturated carbocycles. The van der Waals surface area contributed by atoms with Gasteiger partial charge >= 0.3 is 0 Å². The number of nitrogens with zero attached hydrogens (tertiary/aromatic N) is 1. The fourth-order valence-electron chi connectivity index (χ4n) is 3.98. The lowest BCUT2D eigenvalue weighted by Gasteiger charge is -2.27. The van der Waals surface area contributed by atoms with Gasteiger partial charge in [0.15, 0.2) is 16.6 Å². The molecule has 0 spiro atoms. The second kappa shape index (κ2) is 6.39. The molecule has 27 heavy (non-hydrogen) atoms. The Morgan fingerprint density at radius 3 is 2.56 bits per heavy atom. The van der Waals surface area contributed by atoms with Crippen molar-refractivity contribution >= 4 is 44.2 Å². The Morgan fingerprint density at radius 2 is 1.81 bits per heavy atom. The molecule has 5 rings (SSSR count). The van der Waals surface area contributed by atoms with Crippen molar-refractivity contribution in [3.63, 3.8) is 0 Å². The van der Waals surface area contributed by atoms with Crippen LogP contribution < -0.4 is 14.8 Å². The van der Waals surface area contributed by atoms with Gasteiger partial charge in [-0.05, 0) is 30.5 Å². The second-order valence-corrected chi connectivity index (χ2v) is 8.41. The first-order chi connectivity index (χ1) is 13.1. The van der Waals surface area contributed by atoms with Crippen molar-refractivity contribution in [1.29, 1.82) is 0 Å². The summed E-state index contributed by atoms with van der Waals surface area (Å²) in [5, 5.41) is 4.33. The smallest absolute Gasteiger partial charge is 0.236 e. The van der Waals surface area contributed by atoms with Crippen LogP contribution in [0.4, 0.5) is 5.13 Å². The van der Waals surface area contributed by atoms with Crippen molar-refractivity contribution < 1.29 is 14.3 Å². The number of nitrogens with one attached hydrogen (secondary N) is 1. The van der Waals surface area contributed by atoms with Crippen LogP contribution in [0.1, 0.15) is 31.2 Å². The van der Waals surface area contributed by atoms with E-state index < -0.39 is 5.41 Å². The Labute approximate surface area is 165 Å². The molecule has 2 aromatic carbocycles. The van der Waals surface area contributed by atoms with Crippen LogP contribution in [0.25, 0.3) is 10.2 Å². The third kappa shape index (κ3) is 2.84. The van der Waals surface area contributed by atoms with Crippen LogP contribution in [0.5, 0.6) is 11.5 Å². The molecule has 5 nitrogen and oxygen atoms in total. The minimum Gasteiger partial charge on any atom is -0.454 e. The number of rotatable bonds is 3. The van der Waals surface area contributed by atoms with Crippen LogP contribution in [-0.2, 0) is 10.2 Å². The molecule has 0 radical (unpaired) electrons. The van der Waals surface area contributed by atoms with Crippen LogP contribution in [0.2, 0.25) is 5.02 Å². The summed E-state index contributed by atoms with van der Waals surface area (Å²) in [7, 11) is 0. The average molecular weight is 401 g/mol. The number of ether oxygens (including phenoxy) is 2. The van der Waals surface area contributed by atoms with Gasteiger partial charge in [0.05, 0.1) is 15.6 Å². The first kappa shape index (κ1) is 16.8. The predicted molar refractivity (Wildman–Crippen MR) is 106 cm³/mol. The van der Waals surface area contributed by atoms with Gasteiger partial charge in [-0.25, -0.2) is 4.98 Å². The van der Waals surface area contributed by atoms with Crippen molar-refractivity contribution in [2.45, 2.75) is 31.1 Å². The topological polar surface area (TPSA) is 60.5 Å². The van der Waals surface area contributed by atoms with Crippen LogP contribution in [0, 0.1) is 0 Å². The maximum atomic E-state index is 13.3. The fourth-order valence-corrected chi connectivity index (χ4v) is 4.98. The predicted octanol–water partition coefficient (Wildman–Crippen LogP) is 5.13. The maximum absolute atomic E-state index is 13.3. The molecule has 1 fully saturated rings. The Balaban J connectivity index is 1.46. The third-order valence-electron chi connectivity index (χ3n) is 5.39. The number of hydrogen-bond donors (Lipinski definition) is 1. The molecule has 3 aromatic rings. The zero-order valence-electron chi connectivity index (χ0n) is 14.5. The molecule has 2 heterocycles. The molecule has 1 N–H and O–H groups in total. The van der Waals surface area contributed by atoms with E-state index in [4.69, 9.17) is 21.1 Å². The lowest BCUT2D eigenvalue weighted by atomic mass is 9.78. The van der Waals surface area contributed by atoms with Gasteiger partial charge in [-0.15, -0.1) is 0 Å². The summed E-state index contributed by atoms with van der Waals surface area (Å²) in [4.78, 5) is 17.8. The van der Waals surface area contributed by atoms with Crippen LogP contribution in [0.15, 0.2) is 36.4 Å². The summed E-state index contributed by atoms with van der Waals surface area (Å²) in [5.41, 5.74) is 1.30. The number of carbonyl (C=O) groups excluding carboxylic acids is 1. The van der Waals surface area contributed by atoms with E-state index in [-0.39, 0.29) is 12.7 Å². The first-order valence-electron chi connectivity index (χ1n) is 8.92. The van der Waals surface area contributed by atoms with E-state index in [9.17, 15) is 4.79 Å². The lowest BCUT2D eigenvalue weighted by Crippen LogP contribution is -2.37. The highest BCUT2D eigenvalue weighted by molar-refractivity contribution is 7.22. The number of thiazole rings is 1. The highest BCUT2D eigenvalue weighted by atomic mass is 35.5. The highest BCUT2D eigenvalue weighted by Crippen LogP contribution is 2.43. The maximum Gasteiger partial charge on any atom is 0.236 e. The molecule has 0 saturated heterocycles. The van der Waals surface area contributed by atoms with E-state index in [0.717, 1.165) is 47.2 Å². The monoisotopic (exact) mass is 400 g/mol. The van der Waals surface area contributed by atoms with Gasteiger partial charge in [0.1, 0.15) is 0 Å². The van der Waals surface area contributed by atoms with Gasteiger partial charge in [0, 0.05) is 17.2 Å². The Morgan fingerprint density at radius 1 is 1.11 bits per heavy atom. The standard InChI is InChI=1S/C20H17ClN2O3S/c21-13-5-3-12(4-6-13)20(7-1-2-8-20)18(24)23-19-22-14-9-15-16(26-11-25-15)10-17(14)27-19/h3-6,9-10H,1-2,7-8,11H2,(H,22,23,24). The summed E-state index contributed by atoms with van der Waals surface area (Å²) < 4.78 is 11.8. The molecule has 7 heteroatoms. The number of benzene rings is 2. The normalized spacial score (nSPS) is 17.4. The summed E-state index contributed by atoms with van der Waals surface area (Å²) >= 11 is 7.48. The van der Waals surface area contributed by atoms with E-state index >= 15 is 0 Å². The molecule has 0 bridgehead atoms. The molecule has 1 aromatic heterocycles. The van der Waals surface area contributed by atoms with E-state index in [1.54, 1.807) is 0 Å². The van der Waals surface area contributed by atoms with E-state index in [1.807, 2.05) is 36.4 Å². The number of halogens is 1. The fraction of sp³-hybridized carbons (Fsp3) is 0.300. The van der Waals surface area contributed by atoms with Crippen molar-refractivity contribution in [3.05, 3.63) is 47.0 Å². The zero-order chi connectivity index (χ0) is 18.4. The molecule has 2 aliphatic rings. The van der Waals surface area contributed by atoms with Crippen molar-refractivity contribution in [2.24, 2.45) is 0 Å². The Hall–Kier alpha value is -2.31. The number of hydrogen-bond acceptors (Lipinski definition) is 5. The van der Waals surface area contributed by atoms with Crippen molar-refractivity contribution in [3.8, 4) is 11.5 Å². The summed E-state index contributed by atoms with van der Waals surface area (Å²) in [6.45, 7) is 0.236. The summed E-state index contributed by atoms with van der Waals surface area (Å²) in [5.74, 6) is 1.41. The number of anilines is 1. The number of fused-ring (bicyclic) bond motifs is 2. The second-order valence-electron chi connectivity index (χ2n) is 6.94. The third-order valence-corrected chi connectivity index (χ3v) is 6.58. The molecule has 1 amide bonds. The molecule has 1 aliphatic heterocycles. The Kier molecular flexibility index (Phi) is 3.98. The van der Waals surface area contributed by atoms with E-state index in [2.05, 4.69) is 10.3 Å². The average Bonchev–Trinajstić information content (AvgIpc) is 3.39. The van der Waals surface area contributed by atoms with Crippen LogP contribution in [0.3, 0.4) is 0 Å². The Bertz CT molecular complexity index is 985. The van der Waals surface area contributed by atoms with Crippen LogP contribution >= 0.6 is 22.9 Å². The SMILES string of the molecule is O=C(Nc1nc2cc3c(cc2s1)OCO3)C1(c2ccc(Cl)cc2)CCCC1. The molecule has 138 valence electrons. The largest absolute Gasteiger partial charge is 0.454 e. The van der Waals surface area contributed by atoms with Gasteiger partial charge in [-0.2, -0.15) is 0 Å². The van der Waals surface area contributed by atoms with Gasteiger partial charge in [-0.3, -0.25) is 4.79 Å². The van der Waals surface area contributed by atoms with Gasteiger partial charge < -0.3 is 14.8 Å². The summed E-state index contributed by atoms with van der Waals surface area (Å²) in [6, 6.07) is 11.4. The highest BCUT2D eigenvalue weighted by Gasteiger charge is 2.43. The molecule has 0 unspecified atom stereocenters. The quantitative estimate of drug-likeness (QED) is 0.662. The number of amides is 1. The first-order valence-corrected chi connectivity index (χ1v) is 10.1. The van der Waals surface area contributed by atoms with E-state index in [0.29, 0.717) is 15.9 Å². The van der Waals surface area contributed by atoms with Crippen molar-refractivity contribution in [1.82, 2.24) is 4.98 Å². The van der Waals surface area contributed by atoms with E-state index in [1.165, 1.54) is 11.3 Å². The minimum absolute atomic E-state index is 0.00131. The molecule has 0 atom stereocenters. The summed E-state index contributed by atoms with van der Waals surface area (Å²) in [6.07, 6.45) is 3.75. The number of carbonyl (C=O) groups is 1. The van der Waals surface area contributed by atoms with Gasteiger partial charge in [-0.1, -0.05) is 47.9 Å². The van der Waals surface area contributed by atoms with Gasteiger partial charge in [0.2, 0.25) is 12.7 Å². The zero-order valence-corrected chi connectivity index (χ0v) is 16.0. The number of aromatic nitrogens is 1. The molecular formula is C20H17ClN2O3S. The van der Waals surface area contributed by atoms with Crippen molar-refractivity contribution in [2.75, 3.05) is 12.1 Å². The van der Waals surface area contributed by atoms with Crippen LogP contribution in [-0.4, -0.2) is 17.7 Å². The van der Waals surface area contributed by atoms with Gasteiger partial charge in [0.25, 0.3) is 0 Å². The molecular weight excluding hydrogens is 384 g/mol. The molecule has 1 aliphatic carbocycles.